The molecule has 2 rings (SSSR count). The van der Waals surface area contributed by atoms with Gasteiger partial charge in [0.25, 0.3) is 10.0 Å². The fourth-order valence-corrected chi connectivity index (χ4v) is 3.36. The predicted molar refractivity (Wildman–Crippen MR) is 84.3 cm³/mol. The van der Waals surface area contributed by atoms with E-state index in [2.05, 4.69) is 20.7 Å². The zero-order valence-electron chi connectivity index (χ0n) is 10.6. The Morgan fingerprint density at radius 2 is 1.95 bits per heavy atom. The van der Waals surface area contributed by atoms with E-state index in [9.17, 15) is 12.8 Å². The summed E-state index contributed by atoms with van der Waals surface area (Å²) in [6.07, 6.45) is 0. The van der Waals surface area contributed by atoms with Crippen molar-refractivity contribution in [2.75, 3.05) is 4.72 Å². The molecule has 0 spiro atoms. The number of nitrogens with one attached hydrogen (secondary N) is 1. The van der Waals surface area contributed by atoms with Crippen LogP contribution in [0.5, 0.6) is 0 Å². The van der Waals surface area contributed by atoms with Crippen LogP contribution in [0.15, 0.2) is 45.8 Å². The third kappa shape index (κ3) is 3.74. The zero-order valence-corrected chi connectivity index (χ0v) is 13.8. The Hall–Kier alpha value is -1.15. The Morgan fingerprint density at radius 3 is 2.62 bits per heavy atom. The smallest absolute Gasteiger partial charge is 0.261 e. The summed E-state index contributed by atoms with van der Waals surface area (Å²) in [6.45, 7) is -0.0904. The first-order chi connectivity index (χ1) is 9.83. The van der Waals surface area contributed by atoms with Crippen LogP contribution in [-0.2, 0) is 16.6 Å². The first-order valence-corrected chi connectivity index (χ1v) is 8.45. The quantitative estimate of drug-likeness (QED) is 0.835. The number of halogens is 3. The van der Waals surface area contributed by atoms with Crippen LogP contribution in [-0.4, -0.2) is 8.42 Å². The molecule has 0 aliphatic carbocycles. The number of sulfonamides is 1. The molecular weight excluding hydrogens is 383 g/mol. The largest absolute Gasteiger partial charge is 0.326 e. The van der Waals surface area contributed by atoms with E-state index < -0.39 is 15.8 Å². The second-order valence-corrected chi connectivity index (χ2v) is 7.19. The Balaban J connectivity index is 2.41. The van der Waals surface area contributed by atoms with Gasteiger partial charge < -0.3 is 5.73 Å². The minimum Gasteiger partial charge on any atom is -0.326 e. The van der Waals surface area contributed by atoms with E-state index in [-0.39, 0.29) is 27.7 Å². The summed E-state index contributed by atoms with van der Waals surface area (Å²) < 4.78 is 41.0. The molecule has 0 atom stereocenters. The number of benzene rings is 2. The first kappa shape index (κ1) is 16.2. The van der Waals surface area contributed by atoms with Crippen LogP contribution >= 0.6 is 27.5 Å². The lowest BCUT2D eigenvalue weighted by Crippen LogP contribution is -2.14. The number of nitrogens with two attached hydrogens (primary N) is 1. The van der Waals surface area contributed by atoms with Crippen molar-refractivity contribution in [1.29, 1.82) is 0 Å². The maximum Gasteiger partial charge on any atom is 0.261 e. The highest BCUT2D eigenvalue weighted by Crippen LogP contribution is 2.28. The summed E-state index contributed by atoms with van der Waals surface area (Å²) in [5.74, 6) is -0.545. The van der Waals surface area contributed by atoms with Crippen molar-refractivity contribution >= 4 is 43.2 Å². The second-order valence-electron chi connectivity index (χ2n) is 4.19. The van der Waals surface area contributed by atoms with Gasteiger partial charge in [0, 0.05) is 16.6 Å². The molecular formula is C13H11BrClFN2O2S. The molecule has 0 amide bonds. The molecule has 0 radical (unpaired) electrons. The third-order valence-electron chi connectivity index (χ3n) is 2.72. The van der Waals surface area contributed by atoms with Gasteiger partial charge in [-0.15, -0.1) is 0 Å². The van der Waals surface area contributed by atoms with Crippen molar-refractivity contribution in [3.63, 3.8) is 0 Å². The minimum absolute atomic E-state index is 0.0830. The molecule has 0 aliphatic rings. The van der Waals surface area contributed by atoms with Crippen molar-refractivity contribution in [1.82, 2.24) is 0 Å². The molecule has 0 fully saturated rings. The minimum atomic E-state index is -3.88. The monoisotopic (exact) mass is 392 g/mol. The topological polar surface area (TPSA) is 72.2 Å². The molecule has 0 saturated carbocycles. The van der Waals surface area contributed by atoms with Gasteiger partial charge in [-0.25, -0.2) is 12.8 Å². The summed E-state index contributed by atoms with van der Waals surface area (Å²) in [4.78, 5) is -0.0830. The molecule has 2 aromatic carbocycles. The fraction of sp³-hybridized carbons (Fsp3) is 0.0769. The average molecular weight is 394 g/mol. The van der Waals surface area contributed by atoms with Gasteiger partial charge in [0.05, 0.1) is 15.6 Å². The standard InChI is InChI=1S/C13H11BrClFN2O2S/c14-9-1-3-11(15)13(6-9)18-21(19,20)10-2-4-12(16)8(5-10)7-17/h1-6,18H,7,17H2. The van der Waals surface area contributed by atoms with Crippen LogP contribution in [0.1, 0.15) is 5.56 Å². The summed E-state index contributed by atoms with van der Waals surface area (Å²) in [5, 5.41) is 0.253. The Labute approximate surface area is 135 Å². The average Bonchev–Trinajstić information content (AvgIpc) is 2.43. The summed E-state index contributed by atoms with van der Waals surface area (Å²) >= 11 is 9.18. The maximum atomic E-state index is 13.4. The Bertz CT molecular complexity index is 784. The van der Waals surface area contributed by atoms with E-state index in [0.717, 1.165) is 6.07 Å². The van der Waals surface area contributed by atoms with Crippen LogP contribution in [0.2, 0.25) is 5.02 Å². The van der Waals surface area contributed by atoms with Gasteiger partial charge in [0.1, 0.15) is 5.82 Å². The van der Waals surface area contributed by atoms with Crippen LogP contribution < -0.4 is 10.5 Å². The molecule has 0 unspecified atom stereocenters. The van der Waals surface area contributed by atoms with Gasteiger partial charge in [-0.2, -0.15) is 0 Å². The molecule has 112 valence electrons. The molecule has 21 heavy (non-hydrogen) atoms. The highest BCUT2D eigenvalue weighted by molar-refractivity contribution is 9.10. The second kappa shape index (κ2) is 6.31. The van der Waals surface area contributed by atoms with Crippen molar-refractivity contribution in [2.24, 2.45) is 5.73 Å². The van der Waals surface area contributed by atoms with Crippen molar-refractivity contribution in [2.45, 2.75) is 11.4 Å². The molecule has 0 bridgehead atoms. The fourth-order valence-electron chi connectivity index (χ4n) is 1.65. The Morgan fingerprint density at radius 1 is 1.24 bits per heavy atom. The third-order valence-corrected chi connectivity index (χ3v) is 4.91. The van der Waals surface area contributed by atoms with Gasteiger partial charge >= 0.3 is 0 Å². The predicted octanol–water partition coefficient (Wildman–Crippen LogP) is 3.50. The number of hydrogen-bond acceptors (Lipinski definition) is 3. The first-order valence-electron chi connectivity index (χ1n) is 5.80. The molecule has 0 aliphatic heterocycles. The lowest BCUT2D eigenvalue weighted by Gasteiger charge is -2.11. The van der Waals surface area contributed by atoms with E-state index in [0.29, 0.717) is 4.47 Å². The van der Waals surface area contributed by atoms with Crippen LogP contribution in [0.25, 0.3) is 0 Å². The van der Waals surface area contributed by atoms with Crippen LogP contribution in [0, 0.1) is 5.82 Å². The molecule has 4 nitrogen and oxygen atoms in total. The van der Waals surface area contributed by atoms with E-state index in [1.54, 1.807) is 12.1 Å². The van der Waals surface area contributed by atoms with Gasteiger partial charge in [0.2, 0.25) is 0 Å². The van der Waals surface area contributed by atoms with Gasteiger partial charge in [-0.1, -0.05) is 27.5 Å². The normalized spacial score (nSPS) is 11.4. The zero-order chi connectivity index (χ0) is 15.6. The molecule has 0 saturated heterocycles. The summed E-state index contributed by atoms with van der Waals surface area (Å²) in [7, 11) is -3.88. The van der Waals surface area contributed by atoms with Crippen LogP contribution in [0.3, 0.4) is 0 Å². The lowest BCUT2D eigenvalue weighted by atomic mass is 10.2. The van der Waals surface area contributed by atoms with Gasteiger partial charge in [-0.05, 0) is 36.4 Å². The summed E-state index contributed by atoms with van der Waals surface area (Å²) in [5.41, 5.74) is 5.73. The van der Waals surface area contributed by atoms with E-state index in [1.807, 2.05) is 0 Å². The summed E-state index contributed by atoms with van der Waals surface area (Å²) in [6, 6.07) is 8.21. The van der Waals surface area contributed by atoms with Gasteiger partial charge in [0.15, 0.2) is 0 Å². The van der Waals surface area contributed by atoms with Crippen molar-refractivity contribution < 1.29 is 12.8 Å². The highest BCUT2D eigenvalue weighted by Gasteiger charge is 2.17. The van der Waals surface area contributed by atoms with E-state index in [4.69, 9.17) is 17.3 Å². The molecule has 3 N–H and O–H groups in total. The molecule has 2 aromatic rings. The van der Waals surface area contributed by atoms with Gasteiger partial charge in [-0.3, -0.25) is 4.72 Å². The molecule has 8 heteroatoms. The molecule has 0 heterocycles. The van der Waals surface area contributed by atoms with Crippen molar-refractivity contribution in [3.05, 3.63) is 57.3 Å². The Kier molecular flexibility index (Phi) is 4.88. The number of rotatable bonds is 4. The number of anilines is 1. The van der Waals surface area contributed by atoms with E-state index in [1.165, 1.54) is 18.2 Å². The lowest BCUT2D eigenvalue weighted by molar-refractivity contribution is 0.596. The maximum absolute atomic E-state index is 13.4. The number of hydrogen-bond donors (Lipinski definition) is 2. The molecule has 0 aromatic heterocycles. The SMILES string of the molecule is NCc1cc(S(=O)(=O)Nc2cc(Br)ccc2Cl)ccc1F. The van der Waals surface area contributed by atoms with E-state index >= 15 is 0 Å². The highest BCUT2D eigenvalue weighted by atomic mass is 79.9. The van der Waals surface area contributed by atoms with Crippen LogP contribution in [0.4, 0.5) is 10.1 Å². The van der Waals surface area contributed by atoms with Crippen molar-refractivity contribution in [3.8, 4) is 0 Å².